The Hall–Kier alpha value is -3.41. The molecule has 0 spiro atoms. The van der Waals surface area contributed by atoms with Gasteiger partial charge in [0.15, 0.2) is 0 Å². The van der Waals surface area contributed by atoms with Gasteiger partial charge in [-0.15, -0.1) is 0 Å². The highest BCUT2D eigenvalue weighted by Crippen LogP contribution is 2.22. The van der Waals surface area contributed by atoms with Gasteiger partial charge in [-0.1, -0.05) is 12.1 Å². The molecule has 0 aliphatic rings. The molecular weight excluding hydrogens is 328 g/mol. The Balaban J connectivity index is 1.74. The van der Waals surface area contributed by atoms with Crippen LogP contribution in [-0.2, 0) is 0 Å². The van der Waals surface area contributed by atoms with Crippen LogP contribution in [-0.4, -0.2) is 30.0 Å². The fourth-order valence-corrected chi connectivity index (χ4v) is 2.39. The van der Waals surface area contributed by atoms with Gasteiger partial charge in [0.25, 0.3) is 0 Å². The molecule has 26 heavy (non-hydrogen) atoms. The first-order chi connectivity index (χ1) is 12.5. The molecule has 132 valence electrons. The molecule has 0 aliphatic heterocycles. The van der Waals surface area contributed by atoms with Crippen LogP contribution in [0, 0.1) is 6.92 Å². The predicted molar refractivity (Wildman–Crippen MR) is 102 cm³/mol. The monoisotopic (exact) mass is 348 g/mol. The maximum Gasteiger partial charge on any atom is 0.343 e. The molecule has 0 aliphatic carbocycles. The van der Waals surface area contributed by atoms with Gasteiger partial charge >= 0.3 is 5.97 Å². The van der Waals surface area contributed by atoms with Crippen molar-refractivity contribution in [3.63, 3.8) is 0 Å². The van der Waals surface area contributed by atoms with E-state index in [1.165, 1.54) is 6.33 Å². The van der Waals surface area contributed by atoms with Crippen LogP contribution in [0.1, 0.15) is 16.1 Å². The molecule has 0 atom stereocenters. The van der Waals surface area contributed by atoms with Gasteiger partial charge in [-0.05, 0) is 37.3 Å². The third kappa shape index (κ3) is 4.36. The fraction of sp³-hybridized carbons (Fsp3) is 0.150. The van der Waals surface area contributed by atoms with E-state index >= 15 is 0 Å². The van der Waals surface area contributed by atoms with Gasteiger partial charge < -0.3 is 15.0 Å². The Morgan fingerprint density at radius 1 is 1.04 bits per heavy atom. The number of nitrogens with zero attached hydrogens (tertiary/aromatic N) is 3. The SMILES string of the molecule is Cc1cc(Nc2cccc(OC(=O)c3cccc(N(C)C)c3)c2)ncn1. The van der Waals surface area contributed by atoms with Crippen LogP contribution in [0.5, 0.6) is 5.75 Å². The quantitative estimate of drug-likeness (QED) is 0.558. The number of aryl methyl sites for hydroxylation is 1. The molecule has 3 rings (SSSR count). The molecule has 6 heteroatoms. The fourth-order valence-electron chi connectivity index (χ4n) is 2.39. The van der Waals surface area contributed by atoms with E-state index in [0.29, 0.717) is 17.1 Å². The van der Waals surface area contributed by atoms with Crippen LogP contribution in [0.3, 0.4) is 0 Å². The first-order valence-electron chi connectivity index (χ1n) is 8.16. The van der Waals surface area contributed by atoms with E-state index in [2.05, 4.69) is 15.3 Å². The largest absolute Gasteiger partial charge is 0.423 e. The summed E-state index contributed by atoms with van der Waals surface area (Å²) in [5, 5.41) is 3.17. The minimum atomic E-state index is -0.399. The van der Waals surface area contributed by atoms with Gasteiger partial charge in [-0.3, -0.25) is 0 Å². The van der Waals surface area contributed by atoms with E-state index in [0.717, 1.165) is 17.1 Å². The second-order valence-corrected chi connectivity index (χ2v) is 6.03. The summed E-state index contributed by atoms with van der Waals surface area (Å²) in [7, 11) is 3.85. The lowest BCUT2D eigenvalue weighted by Gasteiger charge is -2.13. The summed E-state index contributed by atoms with van der Waals surface area (Å²) >= 11 is 0. The zero-order chi connectivity index (χ0) is 18.5. The second-order valence-electron chi connectivity index (χ2n) is 6.03. The molecular formula is C20H20N4O2. The second kappa shape index (κ2) is 7.65. The summed E-state index contributed by atoms with van der Waals surface area (Å²) in [5.74, 6) is 0.740. The highest BCUT2D eigenvalue weighted by Gasteiger charge is 2.10. The van der Waals surface area contributed by atoms with Crippen LogP contribution >= 0.6 is 0 Å². The first-order valence-corrected chi connectivity index (χ1v) is 8.16. The van der Waals surface area contributed by atoms with Crippen LogP contribution in [0.2, 0.25) is 0 Å². The third-order valence-corrected chi connectivity index (χ3v) is 3.72. The van der Waals surface area contributed by atoms with E-state index in [4.69, 9.17) is 4.74 Å². The lowest BCUT2D eigenvalue weighted by atomic mass is 10.2. The number of carbonyl (C=O) groups is 1. The summed E-state index contributed by atoms with van der Waals surface area (Å²) in [6, 6.07) is 16.3. The first kappa shape index (κ1) is 17.4. The van der Waals surface area contributed by atoms with Crippen LogP contribution in [0.4, 0.5) is 17.2 Å². The lowest BCUT2D eigenvalue weighted by molar-refractivity contribution is 0.0735. The molecule has 0 radical (unpaired) electrons. The summed E-state index contributed by atoms with van der Waals surface area (Å²) < 4.78 is 5.51. The van der Waals surface area contributed by atoms with Gasteiger partial charge in [0, 0.05) is 43.3 Å². The summed E-state index contributed by atoms with van der Waals surface area (Å²) in [4.78, 5) is 22.6. The summed E-state index contributed by atoms with van der Waals surface area (Å²) in [6.07, 6.45) is 1.50. The van der Waals surface area contributed by atoms with Gasteiger partial charge in [0.05, 0.1) is 5.56 Å². The van der Waals surface area contributed by atoms with Crippen molar-refractivity contribution in [2.75, 3.05) is 24.3 Å². The Morgan fingerprint density at radius 2 is 1.85 bits per heavy atom. The average Bonchev–Trinajstić information content (AvgIpc) is 2.62. The van der Waals surface area contributed by atoms with Crippen molar-refractivity contribution < 1.29 is 9.53 Å². The third-order valence-electron chi connectivity index (χ3n) is 3.72. The number of anilines is 3. The van der Waals surface area contributed by atoms with Crippen molar-refractivity contribution in [1.82, 2.24) is 9.97 Å². The number of esters is 1. The average molecular weight is 348 g/mol. The number of hydrogen-bond acceptors (Lipinski definition) is 6. The lowest BCUT2D eigenvalue weighted by Crippen LogP contribution is -2.12. The van der Waals surface area contributed by atoms with Crippen LogP contribution in [0.15, 0.2) is 60.9 Å². The molecule has 0 bridgehead atoms. The zero-order valence-corrected chi connectivity index (χ0v) is 14.9. The van der Waals surface area contributed by atoms with E-state index in [-0.39, 0.29) is 0 Å². The normalized spacial score (nSPS) is 10.3. The molecule has 0 saturated carbocycles. The molecule has 0 unspecified atom stereocenters. The zero-order valence-electron chi connectivity index (χ0n) is 14.9. The number of hydrogen-bond donors (Lipinski definition) is 1. The van der Waals surface area contributed by atoms with Gasteiger partial charge in [-0.2, -0.15) is 0 Å². The number of nitrogens with one attached hydrogen (secondary N) is 1. The van der Waals surface area contributed by atoms with Crippen molar-refractivity contribution >= 4 is 23.2 Å². The minimum Gasteiger partial charge on any atom is -0.423 e. The molecule has 3 aromatic rings. The van der Waals surface area contributed by atoms with Crippen molar-refractivity contribution in [2.45, 2.75) is 6.92 Å². The maximum atomic E-state index is 12.4. The number of aromatic nitrogens is 2. The molecule has 0 fully saturated rings. The van der Waals surface area contributed by atoms with Crippen molar-refractivity contribution in [3.05, 3.63) is 72.2 Å². The van der Waals surface area contributed by atoms with E-state index in [9.17, 15) is 4.79 Å². The van der Waals surface area contributed by atoms with Gasteiger partial charge in [0.2, 0.25) is 0 Å². The van der Waals surface area contributed by atoms with Gasteiger partial charge in [0.1, 0.15) is 17.9 Å². The number of ether oxygens (including phenoxy) is 1. The van der Waals surface area contributed by atoms with Crippen molar-refractivity contribution in [2.24, 2.45) is 0 Å². The van der Waals surface area contributed by atoms with Crippen LogP contribution in [0.25, 0.3) is 0 Å². The number of benzene rings is 2. The molecule has 1 aromatic heterocycles. The van der Waals surface area contributed by atoms with Crippen molar-refractivity contribution in [1.29, 1.82) is 0 Å². The highest BCUT2D eigenvalue weighted by molar-refractivity contribution is 5.92. The number of rotatable bonds is 5. The Labute approximate surface area is 152 Å². The maximum absolute atomic E-state index is 12.4. The molecule has 0 amide bonds. The van der Waals surface area contributed by atoms with Gasteiger partial charge in [-0.25, -0.2) is 14.8 Å². The molecule has 1 heterocycles. The highest BCUT2D eigenvalue weighted by atomic mass is 16.5. The van der Waals surface area contributed by atoms with E-state index < -0.39 is 5.97 Å². The summed E-state index contributed by atoms with van der Waals surface area (Å²) in [5.41, 5.74) is 3.08. The Bertz CT molecular complexity index is 925. The molecule has 0 saturated heterocycles. The standard InChI is InChI=1S/C20H20N4O2/c1-14-10-19(22-13-21-14)23-16-7-5-9-18(12-16)26-20(25)15-6-4-8-17(11-15)24(2)3/h4-13H,1-3H3,(H,21,22,23). The Kier molecular flexibility index (Phi) is 5.12. The van der Waals surface area contributed by atoms with E-state index in [1.54, 1.807) is 24.3 Å². The van der Waals surface area contributed by atoms with E-state index in [1.807, 2.05) is 56.3 Å². The smallest absolute Gasteiger partial charge is 0.343 e. The molecule has 1 N–H and O–H groups in total. The predicted octanol–water partition coefficient (Wildman–Crippen LogP) is 3.81. The molecule has 6 nitrogen and oxygen atoms in total. The summed E-state index contributed by atoms with van der Waals surface area (Å²) in [6.45, 7) is 1.90. The topological polar surface area (TPSA) is 67.3 Å². The van der Waals surface area contributed by atoms with Crippen molar-refractivity contribution in [3.8, 4) is 5.75 Å². The van der Waals surface area contributed by atoms with Crippen LogP contribution < -0.4 is 15.0 Å². The minimum absolute atomic E-state index is 0.399. The Morgan fingerprint density at radius 3 is 2.62 bits per heavy atom. The number of carbonyl (C=O) groups excluding carboxylic acids is 1. The molecule has 2 aromatic carbocycles.